The summed E-state index contributed by atoms with van der Waals surface area (Å²) in [7, 11) is -3.38. The van der Waals surface area contributed by atoms with Crippen molar-refractivity contribution < 1.29 is 23.6 Å². The zero-order chi connectivity index (χ0) is 16.6. The Morgan fingerprint density at radius 3 is 2.64 bits per heavy atom. The average Bonchev–Trinajstić information content (AvgIpc) is 2.45. The molecular formula is C12H20N3O6P. The van der Waals surface area contributed by atoms with E-state index < -0.39 is 19.4 Å². The molecule has 0 radical (unpaired) electrons. The van der Waals surface area contributed by atoms with E-state index >= 15 is 0 Å². The maximum atomic E-state index is 12.1. The third-order valence-corrected chi connectivity index (χ3v) is 4.06. The maximum Gasteiger partial charge on any atom is 0.382 e. The molecule has 0 amide bonds. The molecule has 10 heteroatoms. The van der Waals surface area contributed by atoms with Gasteiger partial charge in [-0.1, -0.05) is 0 Å². The molecule has 0 fully saturated rings. The largest absolute Gasteiger partial charge is 0.406 e. The molecule has 0 aliphatic rings. The number of aromatic nitrogens is 2. The van der Waals surface area contributed by atoms with Crippen LogP contribution in [0, 0.1) is 0 Å². The summed E-state index contributed by atoms with van der Waals surface area (Å²) in [4.78, 5) is 19.9. The number of nitrogen functional groups attached to an aromatic ring is 1. The monoisotopic (exact) mass is 333 g/mol. The molecule has 1 unspecified atom stereocenters. The van der Waals surface area contributed by atoms with Crippen molar-refractivity contribution in [2.75, 3.05) is 25.6 Å². The second-order valence-electron chi connectivity index (χ2n) is 4.04. The van der Waals surface area contributed by atoms with Gasteiger partial charge in [-0.3, -0.25) is 4.57 Å². The van der Waals surface area contributed by atoms with Crippen LogP contribution in [0.3, 0.4) is 0 Å². The minimum absolute atomic E-state index is 0.0691. The van der Waals surface area contributed by atoms with Gasteiger partial charge in [-0.2, -0.15) is 4.98 Å². The summed E-state index contributed by atoms with van der Waals surface area (Å²) in [6, 6.07) is 1.38. The van der Waals surface area contributed by atoms with E-state index in [1.807, 2.05) is 0 Å². The second-order valence-corrected chi connectivity index (χ2v) is 5.94. The van der Waals surface area contributed by atoms with Crippen LogP contribution in [0.25, 0.3) is 0 Å². The molecule has 0 saturated heterocycles. The van der Waals surface area contributed by atoms with Crippen LogP contribution in [0.2, 0.25) is 0 Å². The highest BCUT2D eigenvalue weighted by Crippen LogP contribution is 2.49. The van der Waals surface area contributed by atoms with Crippen molar-refractivity contribution in [2.24, 2.45) is 0 Å². The molecule has 1 atom stereocenters. The zero-order valence-electron chi connectivity index (χ0n) is 12.4. The summed E-state index contributed by atoms with van der Waals surface area (Å²) in [5.41, 5.74) is 4.63. The van der Waals surface area contributed by atoms with Crippen molar-refractivity contribution >= 4 is 13.4 Å². The van der Waals surface area contributed by atoms with Gasteiger partial charge in [0.2, 0.25) is 0 Å². The average molecular weight is 333 g/mol. The molecule has 1 aromatic rings. The van der Waals surface area contributed by atoms with Crippen molar-refractivity contribution in [3.63, 3.8) is 0 Å². The fraction of sp³-hybridized carbons (Fsp3) is 0.500. The number of hydrogen-bond acceptors (Lipinski definition) is 8. The molecule has 0 aromatic carbocycles. The summed E-state index contributed by atoms with van der Waals surface area (Å²) in [5, 5.41) is 9.75. The summed E-state index contributed by atoms with van der Waals surface area (Å²) >= 11 is 0. The summed E-state index contributed by atoms with van der Waals surface area (Å²) in [6.07, 6.45) is 1.40. The van der Waals surface area contributed by atoms with E-state index in [4.69, 9.17) is 19.6 Å². The van der Waals surface area contributed by atoms with E-state index in [1.54, 1.807) is 13.8 Å². The van der Waals surface area contributed by atoms with Crippen LogP contribution in [0.1, 0.15) is 13.8 Å². The Kier molecular flexibility index (Phi) is 7.26. The molecule has 22 heavy (non-hydrogen) atoms. The first-order valence-electron chi connectivity index (χ1n) is 6.65. The van der Waals surface area contributed by atoms with E-state index in [-0.39, 0.29) is 25.6 Å². The standard InChI is InChI=1S/C12H20N3O6P/c1-3-20-22(18,21-4-2)8-6-10(16)9-19-15-7-5-11(13)14-12(15)17/h5-8,10,16H,3-4,9H2,1-2H3,(H2,13,14,17)/b8-6+. The van der Waals surface area contributed by atoms with Crippen LogP contribution in [0.15, 0.2) is 29.0 Å². The minimum atomic E-state index is -3.38. The molecule has 3 N–H and O–H groups in total. The molecule has 0 saturated carbocycles. The van der Waals surface area contributed by atoms with Crippen LogP contribution in [-0.2, 0) is 13.6 Å². The highest BCUT2D eigenvalue weighted by Gasteiger charge is 2.19. The van der Waals surface area contributed by atoms with Crippen molar-refractivity contribution in [3.05, 3.63) is 34.6 Å². The topological polar surface area (TPSA) is 126 Å². The normalized spacial score (nSPS) is 13.4. The van der Waals surface area contributed by atoms with E-state index in [0.717, 1.165) is 10.5 Å². The number of aliphatic hydroxyl groups is 1. The van der Waals surface area contributed by atoms with Gasteiger partial charge in [-0.25, -0.2) is 4.79 Å². The molecule has 9 nitrogen and oxygen atoms in total. The number of nitrogens with zero attached hydrogens (tertiary/aromatic N) is 2. The SMILES string of the molecule is CCOP(=O)(/C=C/C(O)COn1ccc(N)nc1=O)OCC. The molecule has 124 valence electrons. The molecule has 0 spiro atoms. The minimum Gasteiger partial charge on any atom is -0.406 e. The van der Waals surface area contributed by atoms with Gasteiger partial charge in [-0.05, 0) is 19.9 Å². The Balaban J connectivity index is 2.61. The Labute approximate surface area is 127 Å². The van der Waals surface area contributed by atoms with Gasteiger partial charge in [0.1, 0.15) is 18.5 Å². The van der Waals surface area contributed by atoms with E-state index in [2.05, 4.69) is 4.98 Å². The van der Waals surface area contributed by atoms with Crippen molar-refractivity contribution in [3.8, 4) is 0 Å². The van der Waals surface area contributed by atoms with Gasteiger partial charge >= 0.3 is 13.3 Å². The van der Waals surface area contributed by atoms with E-state index in [1.165, 1.54) is 18.3 Å². The predicted octanol–water partition coefficient (Wildman–Crippen LogP) is 0.395. The van der Waals surface area contributed by atoms with Gasteiger partial charge in [0.05, 0.1) is 19.4 Å². The molecule has 0 bridgehead atoms. The van der Waals surface area contributed by atoms with Crippen molar-refractivity contribution in [1.82, 2.24) is 9.71 Å². The lowest BCUT2D eigenvalue weighted by atomic mass is 10.4. The summed E-state index contributed by atoms with van der Waals surface area (Å²) in [5.74, 6) is 1.23. The molecular weight excluding hydrogens is 313 g/mol. The fourth-order valence-corrected chi connectivity index (χ4v) is 2.78. The Morgan fingerprint density at radius 2 is 2.09 bits per heavy atom. The van der Waals surface area contributed by atoms with Crippen LogP contribution >= 0.6 is 7.60 Å². The highest BCUT2D eigenvalue weighted by molar-refractivity contribution is 7.57. The fourth-order valence-electron chi connectivity index (χ4n) is 1.40. The van der Waals surface area contributed by atoms with Gasteiger partial charge in [0, 0.05) is 11.9 Å². The van der Waals surface area contributed by atoms with Crippen LogP contribution < -0.4 is 16.3 Å². The first kappa shape index (κ1) is 18.4. The molecule has 0 aliphatic carbocycles. The second kappa shape index (κ2) is 8.70. The van der Waals surface area contributed by atoms with Gasteiger partial charge in [-0.15, -0.1) is 4.73 Å². The molecule has 1 aromatic heterocycles. The number of hydrogen-bond donors (Lipinski definition) is 2. The van der Waals surface area contributed by atoms with Crippen LogP contribution in [0.4, 0.5) is 5.82 Å². The molecule has 1 rings (SSSR count). The van der Waals surface area contributed by atoms with Crippen molar-refractivity contribution in [1.29, 1.82) is 0 Å². The highest BCUT2D eigenvalue weighted by atomic mass is 31.2. The number of anilines is 1. The molecule has 1 heterocycles. The third kappa shape index (κ3) is 5.98. The first-order valence-corrected chi connectivity index (χ1v) is 8.26. The lowest BCUT2D eigenvalue weighted by Crippen LogP contribution is -2.32. The van der Waals surface area contributed by atoms with Crippen LogP contribution in [-0.4, -0.2) is 40.7 Å². The molecule has 0 aliphatic heterocycles. The van der Waals surface area contributed by atoms with Crippen LogP contribution in [0.5, 0.6) is 0 Å². The Morgan fingerprint density at radius 1 is 1.45 bits per heavy atom. The lowest BCUT2D eigenvalue weighted by Gasteiger charge is -2.14. The van der Waals surface area contributed by atoms with Crippen molar-refractivity contribution in [2.45, 2.75) is 20.0 Å². The first-order chi connectivity index (χ1) is 10.4. The number of nitrogens with two attached hydrogens (primary N) is 1. The predicted molar refractivity (Wildman–Crippen MR) is 80.4 cm³/mol. The maximum absolute atomic E-state index is 12.1. The Bertz CT molecular complexity index is 593. The van der Waals surface area contributed by atoms with Gasteiger partial charge < -0.3 is 24.7 Å². The quantitative estimate of drug-likeness (QED) is 0.622. The summed E-state index contributed by atoms with van der Waals surface area (Å²) < 4.78 is 23.0. The van der Waals surface area contributed by atoms with E-state index in [0.29, 0.717) is 0 Å². The number of rotatable bonds is 9. The number of aliphatic hydroxyl groups excluding tert-OH is 1. The summed E-state index contributed by atoms with van der Waals surface area (Å²) in [6.45, 7) is 3.53. The van der Waals surface area contributed by atoms with E-state index in [9.17, 15) is 14.5 Å². The zero-order valence-corrected chi connectivity index (χ0v) is 13.3. The van der Waals surface area contributed by atoms with Gasteiger partial charge in [0.15, 0.2) is 0 Å². The smallest absolute Gasteiger partial charge is 0.382 e. The lowest BCUT2D eigenvalue weighted by molar-refractivity contribution is 0.0399. The Hall–Kier alpha value is -1.67. The third-order valence-electron chi connectivity index (χ3n) is 2.29. The van der Waals surface area contributed by atoms with Gasteiger partial charge in [0.25, 0.3) is 0 Å².